The molecule has 2 heterocycles. The summed E-state index contributed by atoms with van der Waals surface area (Å²) in [5.74, 6) is 1.90. The van der Waals surface area contributed by atoms with Crippen molar-refractivity contribution in [2.45, 2.75) is 57.9 Å². The van der Waals surface area contributed by atoms with Crippen molar-refractivity contribution in [1.82, 2.24) is 15.5 Å². The van der Waals surface area contributed by atoms with Crippen molar-refractivity contribution in [2.75, 3.05) is 39.3 Å². The van der Waals surface area contributed by atoms with E-state index in [0.29, 0.717) is 12.6 Å². The number of likely N-dealkylation sites (tertiary alicyclic amines) is 1. The first-order valence-electron chi connectivity index (χ1n) is 10.2. The van der Waals surface area contributed by atoms with Gasteiger partial charge in [0.05, 0.1) is 12.8 Å². The summed E-state index contributed by atoms with van der Waals surface area (Å²) in [6.45, 7) is 7.43. The topological polar surface area (TPSA) is 73.0 Å². The van der Waals surface area contributed by atoms with E-state index in [1.54, 1.807) is 6.26 Å². The van der Waals surface area contributed by atoms with Gasteiger partial charge in [-0.05, 0) is 50.9 Å². The summed E-state index contributed by atoms with van der Waals surface area (Å²) in [6, 6.07) is 4.51. The van der Waals surface area contributed by atoms with Crippen LogP contribution >= 0.6 is 24.0 Å². The van der Waals surface area contributed by atoms with Crippen LogP contribution in [-0.4, -0.2) is 61.3 Å². The van der Waals surface area contributed by atoms with Gasteiger partial charge < -0.3 is 20.2 Å². The van der Waals surface area contributed by atoms with Gasteiger partial charge in [-0.2, -0.15) is 0 Å². The molecule has 1 aromatic heterocycles. The second kappa shape index (κ2) is 15.2. The van der Waals surface area contributed by atoms with E-state index < -0.39 is 0 Å². The van der Waals surface area contributed by atoms with Gasteiger partial charge in [0.15, 0.2) is 5.96 Å². The quantitative estimate of drug-likeness (QED) is 0.181. The van der Waals surface area contributed by atoms with Gasteiger partial charge in [0, 0.05) is 32.2 Å². The van der Waals surface area contributed by atoms with Crippen LogP contribution in [0.1, 0.15) is 51.2 Å². The third-order valence-electron chi connectivity index (χ3n) is 4.99. The number of unbranched alkanes of at least 4 members (excludes halogenated alkanes) is 3. The van der Waals surface area contributed by atoms with Crippen molar-refractivity contribution in [3.05, 3.63) is 24.2 Å². The molecular weight excluding hydrogens is 455 g/mol. The van der Waals surface area contributed by atoms with Crippen LogP contribution in [0.5, 0.6) is 0 Å². The fraction of sp³-hybridized carbons (Fsp3) is 0.750. The highest BCUT2D eigenvalue weighted by Gasteiger charge is 2.22. The number of likely N-dealkylation sites (N-methyl/N-ethyl adjacent to an activating group) is 1. The fourth-order valence-electron chi connectivity index (χ4n) is 3.45. The van der Waals surface area contributed by atoms with E-state index in [-0.39, 0.29) is 24.0 Å². The van der Waals surface area contributed by atoms with Crippen molar-refractivity contribution in [3.63, 3.8) is 0 Å². The molecule has 27 heavy (non-hydrogen) atoms. The molecule has 0 saturated carbocycles. The minimum Gasteiger partial charge on any atom is -0.469 e. The zero-order valence-corrected chi connectivity index (χ0v) is 19.0. The van der Waals surface area contributed by atoms with Crippen LogP contribution < -0.4 is 10.6 Å². The van der Waals surface area contributed by atoms with Gasteiger partial charge in [0.2, 0.25) is 0 Å². The summed E-state index contributed by atoms with van der Waals surface area (Å²) in [6.07, 6.45) is 9.33. The van der Waals surface area contributed by atoms with E-state index in [0.717, 1.165) is 70.0 Å². The van der Waals surface area contributed by atoms with Gasteiger partial charge in [-0.15, -0.1) is 24.0 Å². The van der Waals surface area contributed by atoms with Crippen molar-refractivity contribution < 1.29 is 9.52 Å². The van der Waals surface area contributed by atoms with E-state index in [9.17, 15) is 0 Å². The molecule has 6 nitrogen and oxygen atoms in total. The molecule has 1 fully saturated rings. The molecular formula is C20H37IN4O2. The molecule has 0 amide bonds. The number of aliphatic hydroxyl groups excluding tert-OH is 1. The molecule has 3 N–H and O–H groups in total. The van der Waals surface area contributed by atoms with Crippen LogP contribution in [-0.2, 0) is 6.42 Å². The van der Waals surface area contributed by atoms with E-state index >= 15 is 0 Å². The van der Waals surface area contributed by atoms with Crippen molar-refractivity contribution >= 4 is 29.9 Å². The Balaban J connectivity index is 0.00000364. The highest BCUT2D eigenvalue weighted by molar-refractivity contribution is 14.0. The van der Waals surface area contributed by atoms with Crippen LogP contribution in [0.4, 0.5) is 0 Å². The second-order valence-electron chi connectivity index (χ2n) is 6.93. The third-order valence-corrected chi connectivity index (χ3v) is 4.99. The Morgan fingerprint density at radius 2 is 2.07 bits per heavy atom. The summed E-state index contributed by atoms with van der Waals surface area (Å²) in [5.41, 5.74) is 0. The third kappa shape index (κ3) is 9.80. The van der Waals surface area contributed by atoms with Crippen LogP contribution in [0.2, 0.25) is 0 Å². The number of aliphatic imine (C=N–C) groups is 1. The molecule has 1 aliphatic rings. The number of nitrogens with zero attached hydrogens (tertiary/aromatic N) is 2. The summed E-state index contributed by atoms with van der Waals surface area (Å²) >= 11 is 0. The first kappa shape index (κ1) is 24.2. The number of halogens is 1. The molecule has 1 unspecified atom stereocenters. The Morgan fingerprint density at radius 3 is 2.81 bits per heavy atom. The fourth-order valence-corrected chi connectivity index (χ4v) is 3.45. The summed E-state index contributed by atoms with van der Waals surface area (Å²) < 4.78 is 5.39. The lowest BCUT2D eigenvalue weighted by Crippen LogP contribution is -2.40. The van der Waals surface area contributed by atoms with Gasteiger partial charge in [-0.3, -0.25) is 9.89 Å². The highest BCUT2D eigenvalue weighted by Crippen LogP contribution is 2.16. The number of hydrogen-bond acceptors (Lipinski definition) is 4. The van der Waals surface area contributed by atoms with Crippen molar-refractivity contribution in [2.24, 2.45) is 4.99 Å². The van der Waals surface area contributed by atoms with Crippen LogP contribution in [0.15, 0.2) is 27.8 Å². The predicted molar refractivity (Wildman–Crippen MR) is 122 cm³/mol. The van der Waals surface area contributed by atoms with Crippen LogP contribution in [0.3, 0.4) is 0 Å². The first-order chi connectivity index (χ1) is 12.8. The van der Waals surface area contributed by atoms with Gasteiger partial charge >= 0.3 is 0 Å². The zero-order chi connectivity index (χ0) is 18.5. The summed E-state index contributed by atoms with van der Waals surface area (Å²) in [7, 11) is 0. The lowest BCUT2D eigenvalue weighted by molar-refractivity contribution is 0.273. The zero-order valence-electron chi connectivity index (χ0n) is 16.7. The maximum Gasteiger partial charge on any atom is 0.191 e. The van der Waals surface area contributed by atoms with Crippen molar-refractivity contribution in [3.8, 4) is 0 Å². The maximum atomic E-state index is 8.85. The van der Waals surface area contributed by atoms with Gasteiger partial charge in [0.25, 0.3) is 0 Å². The highest BCUT2D eigenvalue weighted by atomic mass is 127. The SMILES string of the molecule is CCN1CCCC1CN=C(NCCCCCCO)NCCc1ccco1.I. The standard InChI is InChI=1S/C20H36N4O2.HI/c1-2-24-14-7-9-18(24)17-23-20(21-12-5-3-4-6-15-25)22-13-11-19-10-8-16-26-19;/h8,10,16,18,25H,2-7,9,11-15,17H2,1H3,(H2,21,22,23);1H. The predicted octanol–water partition coefficient (Wildman–Crippen LogP) is 3.01. The molecule has 7 heteroatoms. The smallest absolute Gasteiger partial charge is 0.191 e. The molecule has 0 radical (unpaired) electrons. The first-order valence-corrected chi connectivity index (χ1v) is 10.2. The second-order valence-corrected chi connectivity index (χ2v) is 6.93. The molecule has 1 atom stereocenters. The molecule has 1 aromatic rings. The van der Waals surface area contributed by atoms with E-state index in [1.165, 1.54) is 19.4 Å². The van der Waals surface area contributed by atoms with Gasteiger partial charge in [0.1, 0.15) is 5.76 Å². The Labute approximate surface area is 181 Å². The monoisotopic (exact) mass is 492 g/mol. The molecule has 0 bridgehead atoms. The Bertz CT molecular complexity index is 496. The van der Waals surface area contributed by atoms with E-state index in [1.807, 2.05) is 12.1 Å². The lowest BCUT2D eigenvalue weighted by atomic mass is 10.2. The Morgan fingerprint density at radius 1 is 1.26 bits per heavy atom. The molecule has 0 aliphatic carbocycles. The number of aliphatic hydroxyl groups is 1. The number of hydrogen-bond donors (Lipinski definition) is 3. The largest absolute Gasteiger partial charge is 0.469 e. The van der Waals surface area contributed by atoms with Gasteiger partial charge in [-0.25, -0.2) is 0 Å². The summed E-state index contributed by atoms with van der Waals surface area (Å²) in [5, 5.41) is 15.7. The normalized spacial score (nSPS) is 17.7. The summed E-state index contributed by atoms with van der Waals surface area (Å²) in [4.78, 5) is 7.37. The number of nitrogens with one attached hydrogen (secondary N) is 2. The average Bonchev–Trinajstić information content (AvgIpc) is 3.33. The maximum absolute atomic E-state index is 8.85. The molecule has 1 saturated heterocycles. The molecule has 1 aliphatic heterocycles. The molecule has 0 aromatic carbocycles. The number of furan rings is 1. The lowest BCUT2D eigenvalue weighted by Gasteiger charge is -2.21. The van der Waals surface area contributed by atoms with Crippen molar-refractivity contribution in [1.29, 1.82) is 0 Å². The number of guanidine groups is 1. The minimum atomic E-state index is 0. The number of rotatable bonds is 12. The molecule has 2 rings (SSSR count). The van der Waals surface area contributed by atoms with Crippen LogP contribution in [0.25, 0.3) is 0 Å². The Hall–Kier alpha value is -0.800. The van der Waals surface area contributed by atoms with E-state index in [4.69, 9.17) is 14.5 Å². The van der Waals surface area contributed by atoms with Gasteiger partial charge in [-0.1, -0.05) is 19.8 Å². The molecule has 156 valence electrons. The van der Waals surface area contributed by atoms with E-state index in [2.05, 4.69) is 22.5 Å². The van der Waals surface area contributed by atoms with Crippen LogP contribution in [0, 0.1) is 0 Å². The average molecular weight is 492 g/mol. The Kier molecular flexibility index (Phi) is 13.6. The minimum absolute atomic E-state index is 0. The molecule has 0 spiro atoms.